The number of nitrogens with one attached hydrogen (secondary N) is 2. The highest BCUT2D eigenvalue weighted by atomic mass is 19.1. The summed E-state index contributed by atoms with van der Waals surface area (Å²) in [5, 5.41) is 5.96. The minimum absolute atomic E-state index is 0.00183. The Morgan fingerprint density at radius 3 is 2.37 bits per heavy atom. The molecular formula is C39H43F2N7O6. The summed E-state index contributed by atoms with van der Waals surface area (Å²) < 4.78 is 54.2. The Hall–Kier alpha value is -5.60. The van der Waals surface area contributed by atoms with Crippen molar-refractivity contribution in [2.75, 3.05) is 26.1 Å². The van der Waals surface area contributed by atoms with Gasteiger partial charge in [-0.05, 0) is 83.6 Å². The van der Waals surface area contributed by atoms with Crippen LogP contribution in [0.3, 0.4) is 0 Å². The van der Waals surface area contributed by atoms with E-state index in [-0.39, 0.29) is 53.7 Å². The van der Waals surface area contributed by atoms with Gasteiger partial charge in [0.15, 0.2) is 11.6 Å². The molecule has 0 spiro atoms. The molecule has 13 nitrogen and oxygen atoms in total. The van der Waals surface area contributed by atoms with Crippen molar-refractivity contribution in [1.29, 1.82) is 0 Å². The lowest BCUT2D eigenvalue weighted by Gasteiger charge is -2.52. The maximum absolute atomic E-state index is 16.6. The molecule has 2 aliphatic heterocycles. The Kier molecular flexibility index (Phi) is 9.98. The van der Waals surface area contributed by atoms with E-state index in [0.29, 0.717) is 54.2 Å². The lowest BCUT2D eigenvalue weighted by Crippen LogP contribution is -2.66. The molecule has 1 aromatic carbocycles. The van der Waals surface area contributed by atoms with E-state index in [9.17, 15) is 9.59 Å². The molecule has 8 rings (SSSR count). The fraction of sp³-hybridized carbons (Fsp3) is 0.436. The first-order chi connectivity index (χ1) is 25.8. The van der Waals surface area contributed by atoms with E-state index in [4.69, 9.17) is 18.9 Å². The van der Waals surface area contributed by atoms with Gasteiger partial charge in [0.25, 0.3) is 11.9 Å². The summed E-state index contributed by atoms with van der Waals surface area (Å²) in [4.78, 5) is 46.0. The van der Waals surface area contributed by atoms with Crippen LogP contribution in [0.4, 0.5) is 19.4 Å². The predicted octanol–water partition coefficient (Wildman–Crippen LogP) is 6.71. The van der Waals surface area contributed by atoms with E-state index in [2.05, 4.69) is 30.6 Å². The first-order valence-corrected chi connectivity index (χ1v) is 18.0. The SMILES string of the molecule is COc1ccc(CNc2ncc(-c3nc(-c4ccc(OC5CC5)nc4)cc(C(=O)NC45CCC(CC4)N(C(=O)OC(C)(C)C)C5)c3F)nc2F)c(OC)c1. The smallest absolute Gasteiger partial charge is 0.410 e. The Morgan fingerprint density at radius 1 is 0.944 bits per heavy atom. The van der Waals surface area contributed by atoms with Gasteiger partial charge >= 0.3 is 6.09 Å². The van der Waals surface area contributed by atoms with Crippen molar-refractivity contribution >= 4 is 17.8 Å². The van der Waals surface area contributed by atoms with Crippen molar-refractivity contribution in [3.05, 3.63) is 71.7 Å². The van der Waals surface area contributed by atoms with Crippen LogP contribution in [0, 0.1) is 11.8 Å². The number of aromatic nitrogens is 4. The van der Waals surface area contributed by atoms with Crippen LogP contribution in [0.5, 0.6) is 17.4 Å². The van der Waals surface area contributed by atoms with Crippen molar-refractivity contribution in [2.45, 2.75) is 89.1 Å². The summed E-state index contributed by atoms with van der Waals surface area (Å²) in [6, 6.07) is 9.96. The number of piperidine rings is 2. The molecule has 2 saturated heterocycles. The van der Waals surface area contributed by atoms with Crippen LogP contribution < -0.4 is 24.8 Å². The number of hydrogen-bond acceptors (Lipinski definition) is 11. The molecule has 54 heavy (non-hydrogen) atoms. The largest absolute Gasteiger partial charge is 0.497 e. The number of nitrogens with zero attached hydrogens (tertiary/aromatic N) is 5. The molecule has 2 bridgehead atoms. The van der Waals surface area contributed by atoms with Crippen LogP contribution >= 0.6 is 0 Å². The van der Waals surface area contributed by atoms with E-state index >= 15 is 8.78 Å². The molecule has 0 unspecified atom stereocenters. The van der Waals surface area contributed by atoms with Crippen molar-refractivity contribution in [3.8, 4) is 40.0 Å². The van der Waals surface area contributed by atoms with Crippen molar-refractivity contribution in [1.82, 2.24) is 30.2 Å². The highest BCUT2D eigenvalue weighted by Crippen LogP contribution is 2.40. The van der Waals surface area contributed by atoms with Gasteiger partial charge in [0.2, 0.25) is 5.88 Å². The zero-order valence-electron chi connectivity index (χ0n) is 30.9. The summed E-state index contributed by atoms with van der Waals surface area (Å²) in [6.45, 7) is 5.77. The lowest BCUT2D eigenvalue weighted by atomic mass is 9.73. The Bertz CT molecular complexity index is 2050. The molecule has 3 aromatic heterocycles. The fourth-order valence-corrected chi connectivity index (χ4v) is 6.83. The number of pyridine rings is 2. The van der Waals surface area contributed by atoms with Crippen LogP contribution in [-0.4, -0.2) is 80.9 Å². The number of anilines is 1. The normalized spacial score (nSPS) is 19.2. The highest BCUT2D eigenvalue weighted by molar-refractivity contribution is 5.97. The quantitative estimate of drug-likeness (QED) is 0.169. The minimum atomic E-state index is -1.000. The highest BCUT2D eigenvalue weighted by Gasteiger charge is 2.48. The number of carbonyl (C=O) groups excluding carboxylic acids is 2. The predicted molar refractivity (Wildman–Crippen MR) is 194 cm³/mol. The van der Waals surface area contributed by atoms with E-state index in [1.165, 1.54) is 25.6 Å². The molecule has 2 aliphatic carbocycles. The van der Waals surface area contributed by atoms with Crippen molar-refractivity contribution < 1.29 is 37.3 Å². The van der Waals surface area contributed by atoms with Gasteiger partial charge in [-0.25, -0.2) is 29.1 Å². The van der Waals surface area contributed by atoms with Crippen LogP contribution in [-0.2, 0) is 11.3 Å². The van der Waals surface area contributed by atoms with E-state index in [1.54, 1.807) is 63.1 Å². The number of fused-ring (bicyclic) bond motifs is 3. The van der Waals surface area contributed by atoms with Crippen LogP contribution in [0.25, 0.3) is 22.6 Å². The molecule has 2 amide bonds. The molecule has 0 atom stereocenters. The number of methoxy groups -OCH3 is 2. The van der Waals surface area contributed by atoms with E-state index < -0.39 is 34.9 Å². The number of carbonyl (C=O) groups is 2. The number of halogens is 2. The number of hydrogen-bond donors (Lipinski definition) is 2. The molecule has 5 heterocycles. The third-order valence-corrected chi connectivity index (χ3v) is 9.79. The fourth-order valence-electron chi connectivity index (χ4n) is 6.83. The van der Waals surface area contributed by atoms with E-state index in [1.807, 2.05) is 0 Å². The minimum Gasteiger partial charge on any atom is -0.497 e. The zero-order chi connectivity index (χ0) is 38.2. The second-order valence-electron chi connectivity index (χ2n) is 14.9. The maximum Gasteiger partial charge on any atom is 0.410 e. The molecular weight excluding hydrogens is 700 g/mol. The monoisotopic (exact) mass is 743 g/mol. The maximum atomic E-state index is 16.6. The molecule has 15 heteroatoms. The molecule has 4 fully saturated rings. The molecule has 2 saturated carbocycles. The topological polar surface area (TPSA) is 150 Å². The van der Waals surface area contributed by atoms with Gasteiger partial charge in [-0.15, -0.1) is 0 Å². The number of amides is 2. The summed E-state index contributed by atoms with van der Waals surface area (Å²) >= 11 is 0. The van der Waals surface area contributed by atoms with E-state index in [0.717, 1.165) is 12.8 Å². The molecule has 284 valence electrons. The molecule has 0 radical (unpaired) electrons. The van der Waals surface area contributed by atoms with Crippen molar-refractivity contribution in [2.24, 2.45) is 0 Å². The average molecular weight is 744 g/mol. The second kappa shape index (κ2) is 14.7. The molecule has 2 N–H and O–H groups in total. The number of ether oxygens (including phenoxy) is 4. The first-order valence-electron chi connectivity index (χ1n) is 18.0. The second-order valence-corrected chi connectivity index (χ2v) is 14.9. The van der Waals surface area contributed by atoms with Gasteiger partial charge in [-0.1, -0.05) is 0 Å². The Labute approximate surface area is 311 Å². The van der Waals surface area contributed by atoms with Gasteiger partial charge < -0.3 is 34.5 Å². The third kappa shape index (κ3) is 7.99. The van der Waals surface area contributed by atoms with Gasteiger partial charge in [0.05, 0.1) is 37.2 Å². The van der Waals surface area contributed by atoms with Crippen LogP contribution in [0.1, 0.15) is 75.2 Å². The summed E-state index contributed by atoms with van der Waals surface area (Å²) in [7, 11) is 3.06. The number of benzene rings is 1. The van der Waals surface area contributed by atoms with Gasteiger partial charge in [0.1, 0.15) is 34.6 Å². The van der Waals surface area contributed by atoms with Crippen molar-refractivity contribution in [3.63, 3.8) is 0 Å². The van der Waals surface area contributed by atoms with Gasteiger partial charge in [0, 0.05) is 48.6 Å². The zero-order valence-corrected chi connectivity index (χ0v) is 30.9. The van der Waals surface area contributed by atoms with Crippen LogP contribution in [0.15, 0.2) is 48.8 Å². The Balaban J connectivity index is 1.18. The lowest BCUT2D eigenvalue weighted by molar-refractivity contribution is -0.0254. The van der Waals surface area contributed by atoms with Gasteiger partial charge in [-0.3, -0.25) is 4.79 Å². The summed E-state index contributed by atoms with van der Waals surface area (Å²) in [5.41, 5.74) is -1.01. The first kappa shape index (κ1) is 36.7. The van der Waals surface area contributed by atoms with Gasteiger partial charge in [-0.2, -0.15) is 4.39 Å². The molecule has 4 aliphatic rings. The number of rotatable bonds is 11. The Morgan fingerprint density at radius 2 is 1.72 bits per heavy atom. The third-order valence-electron chi connectivity index (χ3n) is 9.79. The van der Waals surface area contributed by atoms with Crippen LogP contribution in [0.2, 0.25) is 0 Å². The molecule has 4 aromatic rings. The standard InChI is InChI=1S/C39H43F2N7O6/c1-38(2,3)54-37(50)48-21-39(14-12-24(48)13-15-39)47-36(49)27-17-28(22-7-11-31(42-18-22)53-25-9-10-25)45-33(32(27)40)29-20-44-35(34(41)46-29)43-19-23-6-8-26(51-4)16-30(23)52-5/h6-8,11,16-18,20,24-25H,9-10,12-15,19,21H2,1-5H3,(H,43,44)(H,47,49). The summed E-state index contributed by atoms with van der Waals surface area (Å²) in [5.74, 6) is -1.32. The average Bonchev–Trinajstić information content (AvgIpc) is 3.98. The summed E-state index contributed by atoms with van der Waals surface area (Å²) in [6.07, 6.45) is 6.87.